The van der Waals surface area contributed by atoms with Gasteiger partial charge in [0.25, 0.3) is 0 Å². The second kappa shape index (κ2) is 7.88. The maximum absolute atomic E-state index is 11.2. The van der Waals surface area contributed by atoms with Crippen molar-refractivity contribution in [2.75, 3.05) is 5.32 Å². The van der Waals surface area contributed by atoms with Crippen molar-refractivity contribution in [2.45, 2.75) is 46.8 Å². The number of nitrogens with one attached hydrogen (secondary N) is 2. The number of carbonyl (C=O) groups excluding carboxylic acids is 1. The van der Waals surface area contributed by atoms with E-state index in [2.05, 4.69) is 41.0 Å². The normalized spacial score (nSPS) is 12.9. The highest BCUT2D eigenvalue weighted by Gasteiger charge is 2.24. The Morgan fingerprint density at radius 1 is 1.22 bits per heavy atom. The van der Waals surface area contributed by atoms with E-state index in [0.717, 1.165) is 28.8 Å². The standard InChI is InChI=1S/C21H27N5O/c1-15(27)24-17-7-8-19-16(11-17)5-6-18(25-19)12-23-20(21(2,3)4)13-26-10-9-22-14-26/h5-11,14,20,23H,12-13H2,1-4H3,(H,24,27). The average molecular weight is 365 g/mol. The Hall–Kier alpha value is -2.73. The molecule has 0 bridgehead atoms. The summed E-state index contributed by atoms with van der Waals surface area (Å²) < 4.78 is 2.10. The SMILES string of the molecule is CC(=O)Nc1ccc2nc(CNC(Cn3ccnc3)C(C)(C)C)ccc2c1. The molecule has 0 aliphatic heterocycles. The van der Waals surface area contributed by atoms with E-state index in [9.17, 15) is 4.79 Å². The molecule has 1 amide bonds. The molecular weight excluding hydrogens is 338 g/mol. The van der Waals surface area contributed by atoms with E-state index in [-0.39, 0.29) is 17.4 Å². The molecule has 0 radical (unpaired) electrons. The van der Waals surface area contributed by atoms with Crippen LogP contribution < -0.4 is 10.6 Å². The van der Waals surface area contributed by atoms with E-state index in [1.165, 1.54) is 6.92 Å². The monoisotopic (exact) mass is 365 g/mol. The smallest absolute Gasteiger partial charge is 0.221 e. The molecule has 2 aromatic heterocycles. The van der Waals surface area contributed by atoms with Crippen molar-refractivity contribution >= 4 is 22.5 Å². The van der Waals surface area contributed by atoms with Gasteiger partial charge in [-0.25, -0.2) is 4.98 Å². The fourth-order valence-electron chi connectivity index (χ4n) is 3.03. The summed E-state index contributed by atoms with van der Waals surface area (Å²) in [5.74, 6) is -0.0748. The Bertz CT molecular complexity index is 912. The third-order valence-corrected chi connectivity index (χ3v) is 4.59. The zero-order valence-corrected chi connectivity index (χ0v) is 16.4. The van der Waals surface area contributed by atoms with Crippen LogP contribution in [0.2, 0.25) is 0 Å². The van der Waals surface area contributed by atoms with Crippen LogP contribution in [0.4, 0.5) is 5.69 Å². The summed E-state index contributed by atoms with van der Waals surface area (Å²) in [4.78, 5) is 20.1. The fraction of sp³-hybridized carbons (Fsp3) is 0.381. The zero-order chi connectivity index (χ0) is 19.4. The molecular formula is C21H27N5O. The molecule has 0 fully saturated rings. The molecule has 6 nitrogen and oxygen atoms in total. The summed E-state index contributed by atoms with van der Waals surface area (Å²) in [5.41, 5.74) is 2.81. The molecule has 27 heavy (non-hydrogen) atoms. The first-order valence-electron chi connectivity index (χ1n) is 9.18. The molecule has 2 N–H and O–H groups in total. The summed E-state index contributed by atoms with van der Waals surface area (Å²) >= 11 is 0. The highest BCUT2D eigenvalue weighted by molar-refractivity contribution is 5.92. The Balaban J connectivity index is 1.71. The van der Waals surface area contributed by atoms with Gasteiger partial charge in [-0.15, -0.1) is 0 Å². The Morgan fingerprint density at radius 2 is 2.04 bits per heavy atom. The van der Waals surface area contributed by atoms with Gasteiger partial charge in [0.1, 0.15) is 0 Å². The molecule has 2 heterocycles. The number of carbonyl (C=O) groups is 1. The van der Waals surface area contributed by atoms with Crippen molar-refractivity contribution in [3.8, 4) is 0 Å². The van der Waals surface area contributed by atoms with Crippen molar-refractivity contribution in [2.24, 2.45) is 5.41 Å². The number of amides is 1. The third kappa shape index (κ3) is 5.14. The molecule has 0 spiro atoms. The fourth-order valence-corrected chi connectivity index (χ4v) is 3.03. The Labute approximate surface area is 160 Å². The van der Waals surface area contributed by atoms with E-state index < -0.39 is 0 Å². The largest absolute Gasteiger partial charge is 0.336 e. The predicted octanol–water partition coefficient (Wildman–Crippen LogP) is 3.59. The molecule has 0 aliphatic carbocycles. The summed E-state index contributed by atoms with van der Waals surface area (Å²) in [7, 11) is 0. The lowest BCUT2D eigenvalue weighted by atomic mass is 9.86. The van der Waals surface area contributed by atoms with Crippen LogP contribution >= 0.6 is 0 Å². The van der Waals surface area contributed by atoms with Gasteiger partial charge < -0.3 is 15.2 Å². The molecule has 0 saturated carbocycles. The lowest BCUT2D eigenvalue weighted by Crippen LogP contribution is -2.43. The number of rotatable bonds is 6. The quantitative estimate of drug-likeness (QED) is 0.700. The number of benzene rings is 1. The van der Waals surface area contributed by atoms with Crippen molar-refractivity contribution in [1.29, 1.82) is 0 Å². The van der Waals surface area contributed by atoms with Gasteiger partial charge in [-0.3, -0.25) is 9.78 Å². The van der Waals surface area contributed by atoms with E-state index >= 15 is 0 Å². The van der Waals surface area contributed by atoms with Gasteiger partial charge in [0.2, 0.25) is 5.91 Å². The maximum Gasteiger partial charge on any atom is 0.221 e. The van der Waals surface area contributed by atoms with Gasteiger partial charge in [-0.2, -0.15) is 0 Å². The van der Waals surface area contributed by atoms with Crippen LogP contribution in [0.5, 0.6) is 0 Å². The number of aromatic nitrogens is 3. The topological polar surface area (TPSA) is 71.8 Å². The number of fused-ring (bicyclic) bond motifs is 1. The predicted molar refractivity (Wildman–Crippen MR) is 108 cm³/mol. The van der Waals surface area contributed by atoms with Crippen molar-refractivity contribution in [3.05, 3.63) is 54.7 Å². The van der Waals surface area contributed by atoms with Crippen LogP contribution in [0.3, 0.4) is 0 Å². The Morgan fingerprint density at radius 3 is 2.70 bits per heavy atom. The highest BCUT2D eigenvalue weighted by Crippen LogP contribution is 2.22. The van der Waals surface area contributed by atoms with Crippen LogP contribution in [0.25, 0.3) is 10.9 Å². The van der Waals surface area contributed by atoms with Gasteiger partial charge in [0, 0.05) is 49.5 Å². The molecule has 142 valence electrons. The number of hydrogen-bond donors (Lipinski definition) is 2. The summed E-state index contributed by atoms with van der Waals surface area (Å²) in [5, 5.41) is 7.46. The van der Waals surface area contributed by atoms with E-state index in [4.69, 9.17) is 4.98 Å². The number of imidazole rings is 1. The first-order chi connectivity index (χ1) is 12.8. The molecule has 1 aromatic carbocycles. The third-order valence-electron chi connectivity index (χ3n) is 4.59. The number of anilines is 1. The second-order valence-electron chi connectivity index (χ2n) is 7.95. The van der Waals surface area contributed by atoms with Gasteiger partial charge in [-0.05, 0) is 29.7 Å². The lowest BCUT2D eigenvalue weighted by Gasteiger charge is -2.32. The number of pyridine rings is 1. The minimum atomic E-state index is -0.0748. The minimum Gasteiger partial charge on any atom is -0.336 e. The van der Waals surface area contributed by atoms with Gasteiger partial charge in [-0.1, -0.05) is 26.8 Å². The van der Waals surface area contributed by atoms with Crippen LogP contribution in [0, 0.1) is 5.41 Å². The first kappa shape index (κ1) is 19.0. The van der Waals surface area contributed by atoms with E-state index in [1.807, 2.05) is 42.9 Å². The van der Waals surface area contributed by atoms with E-state index in [1.54, 1.807) is 6.20 Å². The molecule has 1 unspecified atom stereocenters. The van der Waals surface area contributed by atoms with Crippen LogP contribution in [-0.4, -0.2) is 26.5 Å². The number of hydrogen-bond acceptors (Lipinski definition) is 4. The second-order valence-corrected chi connectivity index (χ2v) is 7.95. The first-order valence-corrected chi connectivity index (χ1v) is 9.18. The summed E-state index contributed by atoms with van der Waals surface area (Å²) in [6.07, 6.45) is 5.64. The summed E-state index contributed by atoms with van der Waals surface area (Å²) in [6, 6.07) is 10.1. The van der Waals surface area contributed by atoms with Crippen LogP contribution in [-0.2, 0) is 17.9 Å². The Kier molecular flexibility index (Phi) is 5.56. The molecule has 3 rings (SSSR count). The average Bonchev–Trinajstić information content (AvgIpc) is 3.10. The zero-order valence-electron chi connectivity index (χ0n) is 16.4. The van der Waals surface area contributed by atoms with Crippen LogP contribution in [0.15, 0.2) is 49.1 Å². The lowest BCUT2D eigenvalue weighted by molar-refractivity contribution is -0.114. The highest BCUT2D eigenvalue weighted by atomic mass is 16.1. The molecule has 6 heteroatoms. The van der Waals surface area contributed by atoms with Crippen molar-refractivity contribution < 1.29 is 4.79 Å². The minimum absolute atomic E-state index is 0.0748. The summed E-state index contributed by atoms with van der Waals surface area (Å²) in [6.45, 7) is 9.76. The maximum atomic E-state index is 11.2. The van der Waals surface area contributed by atoms with Gasteiger partial charge >= 0.3 is 0 Å². The van der Waals surface area contributed by atoms with Gasteiger partial charge in [0.05, 0.1) is 17.5 Å². The van der Waals surface area contributed by atoms with Crippen molar-refractivity contribution in [3.63, 3.8) is 0 Å². The molecule has 3 aromatic rings. The van der Waals surface area contributed by atoms with Crippen molar-refractivity contribution in [1.82, 2.24) is 19.9 Å². The molecule has 1 atom stereocenters. The van der Waals surface area contributed by atoms with Gasteiger partial charge in [0.15, 0.2) is 0 Å². The van der Waals surface area contributed by atoms with Crippen LogP contribution in [0.1, 0.15) is 33.4 Å². The van der Waals surface area contributed by atoms with E-state index in [0.29, 0.717) is 6.54 Å². The number of nitrogens with zero attached hydrogens (tertiary/aromatic N) is 3. The molecule has 0 aliphatic rings. The molecule has 0 saturated heterocycles.